The summed E-state index contributed by atoms with van der Waals surface area (Å²) in [5.74, 6) is 0.307. The molecule has 1 heterocycles. The zero-order chi connectivity index (χ0) is 14.1. The lowest BCUT2D eigenvalue weighted by atomic mass is 9.97. The van der Waals surface area contributed by atoms with Crippen molar-refractivity contribution >= 4 is 23.1 Å². The summed E-state index contributed by atoms with van der Waals surface area (Å²) in [6.45, 7) is 0.799. The summed E-state index contributed by atoms with van der Waals surface area (Å²) in [5.41, 5.74) is 8.44. The van der Waals surface area contributed by atoms with Crippen molar-refractivity contribution in [3.8, 4) is 0 Å². The number of amides is 1. The quantitative estimate of drug-likeness (QED) is 0.847. The van der Waals surface area contributed by atoms with Gasteiger partial charge in [0.05, 0.1) is 11.0 Å². The third-order valence-electron chi connectivity index (χ3n) is 4.51. The van der Waals surface area contributed by atoms with E-state index in [9.17, 15) is 4.79 Å². The van der Waals surface area contributed by atoms with Crippen molar-refractivity contribution in [2.24, 2.45) is 11.7 Å². The topological polar surface area (TPSA) is 46.3 Å². The van der Waals surface area contributed by atoms with Crippen LogP contribution in [0.25, 0.3) is 0 Å². The summed E-state index contributed by atoms with van der Waals surface area (Å²) in [6.07, 6.45) is 4.80. The van der Waals surface area contributed by atoms with Crippen LogP contribution in [0, 0.1) is 5.92 Å². The average molecular weight is 288 g/mol. The molecule has 3 rings (SSSR count). The SMILES string of the molecule is NC(=S)C1CCCCN1C(=O)C1Cc2ccccc2C1. The van der Waals surface area contributed by atoms with Gasteiger partial charge in [0.25, 0.3) is 0 Å². The Bertz CT molecular complexity index is 518. The number of fused-ring (bicyclic) bond motifs is 1. The molecule has 0 bridgehead atoms. The Labute approximate surface area is 125 Å². The average Bonchev–Trinajstić information content (AvgIpc) is 2.90. The maximum Gasteiger partial charge on any atom is 0.226 e. The van der Waals surface area contributed by atoms with Crippen LogP contribution < -0.4 is 5.73 Å². The second-order valence-electron chi connectivity index (χ2n) is 5.82. The maximum absolute atomic E-state index is 12.8. The molecule has 2 aliphatic rings. The van der Waals surface area contributed by atoms with E-state index < -0.39 is 0 Å². The van der Waals surface area contributed by atoms with E-state index in [4.69, 9.17) is 18.0 Å². The molecule has 1 aromatic carbocycles. The van der Waals surface area contributed by atoms with Gasteiger partial charge in [-0.25, -0.2) is 0 Å². The predicted molar refractivity (Wildman–Crippen MR) is 83.5 cm³/mol. The highest BCUT2D eigenvalue weighted by Crippen LogP contribution is 2.30. The van der Waals surface area contributed by atoms with Crippen molar-refractivity contribution < 1.29 is 4.79 Å². The molecule has 0 saturated carbocycles. The lowest BCUT2D eigenvalue weighted by molar-refractivity contribution is -0.137. The number of piperidine rings is 1. The lowest BCUT2D eigenvalue weighted by Gasteiger charge is -2.36. The molecular formula is C16H20N2OS. The van der Waals surface area contributed by atoms with Crippen molar-refractivity contribution in [3.63, 3.8) is 0 Å². The van der Waals surface area contributed by atoms with Gasteiger partial charge in [-0.3, -0.25) is 4.79 Å². The minimum absolute atomic E-state index is 0.0324. The van der Waals surface area contributed by atoms with Gasteiger partial charge in [0.15, 0.2) is 0 Å². The van der Waals surface area contributed by atoms with Gasteiger partial charge in [-0.05, 0) is 43.2 Å². The van der Waals surface area contributed by atoms with Crippen molar-refractivity contribution in [2.75, 3.05) is 6.54 Å². The Hall–Kier alpha value is -1.42. The van der Waals surface area contributed by atoms with Crippen LogP contribution in [0.15, 0.2) is 24.3 Å². The molecule has 20 heavy (non-hydrogen) atoms. The van der Waals surface area contributed by atoms with Crippen LogP contribution in [0.5, 0.6) is 0 Å². The van der Waals surface area contributed by atoms with Crippen molar-refractivity contribution in [1.29, 1.82) is 0 Å². The number of thiocarbonyl (C=S) groups is 1. The van der Waals surface area contributed by atoms with Gasteiger partial charge in [0.2, 0.25) is 5.91 Å². The normalized spacial score (nSPS) is 22.6. The Balaban J connectivity index is 1.75. The van der Waals surface area contributed by atoms with Crippen LogP contribution in [0.2, 0.25) is 0 Å². The Kier molecular flexibility index (Phi) is 3.74. The van der Waals surface area contributed by atoms with Crippen molar-refractivity contribution in [1.82, 2.24) is 4.90 Å². The predicted octanol–water partition coefficient (Wildman–Crippen LogP) is 2.07. The van der Waals surface area contributed by atoms with E-state index in [1.54, 1.807) is 0 Å². The first-order valence-electron chi connectivity index (χ1n) is 7.33. The number of rotatable bonds is 2. The highest BCUT2D eigenvalue weighted by molar-refractivity contribution is 7.80. The first-order chi connectivity index (χ1) is 9.66. The summed E-state index contributed by atoms with van der Waals surface area (Å²) in [4.78, 5) is 15.2. The van der Waals surface area contributed by atoms with E-state index in [2.05, 4.69) is 12.1 Å². The third-order valence-corrected chi connectivity index (χ3v) is 4.79. The molecule has 106 valence electrons. The van der Waals surface area contributed by atoms with E-state index in [0.29, 0.717) is 4.99 Å². The Morgan fingerprint density at radius 3 is 2.45 bits per heavy atom. The molecule has 1 aromatic rings. The molecule has 1 saturated heterocycles. The van der Waals surface area contributed by atoms with Crippen LogP contribution in [0.3, 0.4) is 0 Å². The number of hydrogen-bond acceptors (Lipinski definition) is 2. The van der Waals surface area contributed by atoms with Gasteiger partial charge in [0, 0.05) is 12.5 Å². The molecule has 1 unspecified atom stereocenters. The molecule has 1 fully saturated rings. The van der Waals surface area contributed by atoms with Crippen LogP contribution in [0.4, 0.5) is 0 Å². The maximum atomic E-state index is 12.8. The van der Waals surface area contributed by atoms with Gasteiger partial charge < -0.3 is 10.6 Å². The van der Waals surface area contributed by atoms with Gasteiger partial charge in [-0.15, -0.1) is 0 Å². The van der Waals surface area contributed by atoms with Gasteiger partial charge >= 0.3 is 0 Å². The molecule has 0 spiro atoms. The molecule has 2 N–H and O–H groups in total. The summed E-state index contributed by atoms with van der Waals surface area (Å²) >= 11 is 5.14. The van der Waals surface area contributed by atoms with Crippen LogP contribution >= 0.6 is 12.2 Å². The highest BCUT2D eigenvalue weighted by atomic mass is 32.1. The summed E-state index contributed by atoms with van der Waals surface area (Å²) in [5, 5.41) is 0. The summed E-state index contributed by atoms with van der Waals surface area (Å²) in [6, 6.07) is 8.32. The number of carbonyl (C=O) groups excluding carboxylic acids is 1. The van der Waals surface area contributed by atoms with Gasteiger partial charge in [-0.2, -0.15) is 0 Å². The Morgan fingerprint density at radius 2 is 1.85 bits per heavy atom. The molecule has 1 aliphatic heterocycles. The fourth-order valence-corrected chi connectivity index (χ4v) is 3.70. The molecule has 4 heteroatoms. The number of nitrogens with two attached hydrogens (primary N) is 1. The number of hydrogen-bond donors (Lipinski definition) is 1. The standard InChI is InChI=1S/C16H20N2OS/c17-15(20)14-7-3-4-8-18(14)16(19)13-9-11-5-1-2-6-12(11)10-13/h1-2,5-6,13-14H,3-4,7-10H2,(H2,17,20). The zero-order valence-electron chi connectivity index (χ0n) is 11.5. The van der Waals surface area contributed by atoms with Crippen LogP contribution in [-0.4, -0.2) is 28.4 Å². The van der Waals surface area contributed by atoms with Crippen LogP contribution in [-0.2, 0) is 17.6 Å². The molecule has 0 aromatic heterocycles. The largest absolute Gasteiger partial charge is 0.392 e. The fourth-order valence-electron chi connectivity index (χ4n) is 3.46. The lowest BCUT2D eigenvalue weighted by Crippen LogP contribution is -2.51. The second kappa shape index (κ2) is 5.52. The molecule has 3 nitrogen and oxygen atoms in total. The fraction of sp³-hybridized carbons (Fsp3) is 0.500. The van der Waals surface area contributed by atoms with Crippen molar-refractivity contribution in [3.05, 3.63) is 35.4 Å². The van der Waals surface area contributed by atoms with E-state index in [0.717, 1.165) is 38.6 Å². The first-order valence-corrected chi connectivity index (χ1v) is 7.74. The molecule has 1 amide bonds. The first kappa shape index (κ1) is 13.6. The van der Waals surface area contributed by atoms with E-state index in [1.807, 2.05) is 17.0 Å². The number of benzene rings is 1. The number of carbonyl (C=O) groups is 1. The van der Waals surface area contributed by atoms with E-state index >= 15 is 0 Å². The summed E-state index contributed by atoms with van der Waals surface area (Å²) < 4.78 is 0. The molecule has 1 aliphatic carbocycles. The number of likely N-dealkylation sites (tertiary alicyclic amines) is 1. The minimum Gasteiger partial charge on any atom is -0.392 e. The van der Waals surface area contributed by atoms with Crippen molar-refractivity contribution in [2.45, 2.75) is 38.1 Å². The third kappa shape index (κ3) is 2.44. The zero-order valence-corrected chi connectivity index (χ0v) is 12.4. The number of nitrogens with zero attached hydrogens (tertiary/aromatic N) is 1. The minimum atomic E-state index is -0.0324. The van der Waals surface area contributed by atoms with Gasteiger partial charge in [-0.1, -0.05) is 36.5 Å². The van der Waals surface area contributed by atoms with E-state index in [1.165, 1.54) is 11.1 Å². The monoisotopic (exact) mass is 288 g/mol. The summed E-state index contributed by atoms with van der Waals surface area (Å²) in [7, 11) is 0. The van der Waals surface area contributed by atoms with Crippen LogP contribution in [0.1, 0.15) is 30.4 Å². The highest BCUT2D eigenvalue weighted by Gasteiger charge is 2.35. The smallest absolute Gasteiger partial charge is 0.226 e. The molecule has 0 radical (unpaired) electrons. The van der Waals surface area contributed by atoms with Gasteiger partial charge in [0.1, 0.15) is 0 Å². The van der Waals surface area contributed by atoms with E-state index in [-0.39, 0.29) is 17.9 Å². The second-order valence-corrected chi connectivity index (χ2v) is 6.29. The molecular weight excluding hydrogens is 268 g/mol. The Morgan fingerprint density at radius 1 is 1.20 bits per heavy atom. The molecule has 1 atom stereocenters.